The largest absolute Gasteiger partial charge is 0.480 e. The summed E-state index contributed by atoms with van der Waals surface area (Å²) < 4.78 is 6.62. The fourth-order valence-corrected chi connectivity index (χ4v) is 4.10. The molecule has 0 atom stereocenters. The van der Waals surface area contributed by atoms with Gasteiger partial charge in [0.2, 0.25) is 0 Å². The van der Waals surface area contributed by atoms with E-state index in [9.17, 15) is 4.79 Å². The number of benzene rings is 1. The summed E-state index contributed by atoms with van der Waals surface area (Å²) in [5.41, 5.74) is 1.78. The number of hydrogen-bond donors (Lipinski definition) is 0. The molecule has 0 aliphatic rings. The number of amides is 1. The molecule has 0 bridgehead atoms. The molecule has 0 spiro atoms. The number of pyridine rings is 1. The molecule has 2 aromatic heterocycles. The summed E-state index contributed by atoms with van der Waals surface area (Å²) in [5, 5.41) is 5.46. The minimum Gasteiger partial charge on any atom is -0.480 e. The highest BCUT2D eigenvalue weighted by atomic mass is 127. The monoisotopic (exact) mass is 472 g/mol. The van der Waals surface area contributed by atoms with E-state index in [0.29, 0.717) is 22.8 Å². The van der Waals surface area contributed by atoms with Crippen LogP contribution in [0.5, 0.6) is 5.75 Å². The molecule has 0 fully saturated rings. The van der Waals surface area contributed by atoms with Gasteiger partial charge in [0.25, 0.3) is 5.91 Å². The molecule has 3 rings (SSSR count). The van der Waals surface area contributed by atoms with Crippen LogP contribution in [0.15, 0.2) is 41.2 Å². The van der Waals surface area contributed by atoms with Crippen molar-refractivity contribution in [1.82, 2.24) is 9.88 Å². The topological polar surface area (TPSA) is 42.4 Å². The van der Waals surface area contributed by atoms with E-state index in [1.807, 2.05) is 35.0 Å². The molecule has 0 radical (unpaired) electrons. The molecule has 0 saturated heterocycles. The van der Waals surface area contributed by atoms with Gasteiger partial charge in [-0.15, -0.1) is 0 Å². The predicted octanol–water partition coefficient (Wildman–Crippen LogP) is 4.59. The molecular formula is C17H14ClIN2O2S. The number of fused-ring (bicyclic) bond motifs is 1. The van der Waals surface area contributed by atoms with Crippen LogP contribution in [-0.2, 0) is 11.3 Å². The molecule has 7 heteroatoms. The average Bonchev–Trinajstić information content (AvgIpc) is 3.07. The first-order valence-electron chi connectivity index (χ1n) is 7.17. The summed E-state index contributed by atoms with van der Waals surface area (Å²) in [6.45, 7) is 0.534. The molecule has 3 aromatic rings. The fraction of sp³-hybridized carbons (Fsp3) is 0.176. The zero-order chi connectivity index (χ0) is 17.1. The third kappa shape index (κ3) is 3.81. The van der Waals surface area contributed by atoms with Crippen LogP contribution in [0, 0.1) is 3.57 Å². The van der Waals surface area contributed by atoms with Gasteiger partial charge < -0.3 is 9.64 Å². The number of nitrogens with zero attached hydrogens (tertiary/aromatic N) is 2. The second-order valence-electron chi connectivity index (χ2n) is 5.24. The van der Waals surface area contributed by atoms with Crippen LogP contribution in [0.3, 0.4) is 0 Å². The van der Waals surface area contributed by atoms with Gasteiger partial charge in [0, 0.05) is 25.2 Å². The zero-order valence-corrected chi connectivity index (χ0v) is 16.6. The van der Waals surface area contributed by atoms with Gasteiger partial charge in [-0.25, -0.2) is 0 Å². The van der Waals surface area contributed by atoms with Crippen LogP contribution >= 0.6 is 45.5 Å². The van der Waals surface area contributed by atoms with Gasteiger partial charge in [-0.1, -0.05) is 11.6 Å². The highest BCUT2D eigenvalue weighted by Crippen LogP contribution is 2.34. The van der Waals surface area contributed by atoms with E-state index in [1.54, 1.807) is 29.5 Å². The van der Waals surface area contributed by atoms with E-state index >= 15 is 0 Å². The maximum Gasteiger partial charge on any atom is 0.260 e. The third-order valence-electron chi connectivity index (χ3n) is 3.52. The van der Waals surface area contributed by atoms with Crippen LogP contribution in [-0.4, -0.2) is 29.4 Å². The second kappa shape index (κ2) is 7.67. The minimum absolute atomic E-state index is 0.0378. The molecule has 24 heavy (non-hydrogen) atoms. The van der Waals surface area contributed by atoms with Crippen molar-refractivity contribution in [2.24, 2.45) is 0 Å². The summed E-state index contributed by atoms with van der Waals surface area (Å²) >= 11 is 10.0. The second-order valence-corrected chi connectivity index (χ2v) is 7.59. The molecule has 1 aromatic carbocycles. The van der Waals surface area contributed by atoms with Crippen molar-refractivity contribution in [2.45, 2.75) is 6.54 Å². The molecular weight excluding hydrogens is 459 g/mol. The lowest BCUT2D eigenvalue weighted by atomic mass is 10.2. The van der Waals surface area contributed by atoms with E-state index in [-0.39, 0.29) is 12.5 Å². The number of carbonyl (C=O) groups is 1. The Balaban J connectivity index is 1.74. The smallest absolute Gasteiger partial charge is 0.260 e. The van der Waals surface area contributed by atoms with Crippen molar-refractivity contribution < 1.29 is 9.53 Å². The molecule has 0 N–H and O–H groups in total. The molecule has 0 aliphatic carbocycles. The first-order chi connectivity index (χ1) is 11.6. The Morgan fingerprint density at radius 2 is 2.29 bits per heavy atom. The summed E-state index contributed by atoms with van der Waals surface area (Å²) in [7, 11) is 1.77. The Kier molecular flexibility index (Phi) is 5.57. The standard InChI is InChI=1S/C17H14ClIN2O2S/c1-21(8-11-4-6-24-10-11)15(22)9-23-17-14(19)7-13(18)12-3-2-5-20-16(12)17/h2-7,10H,8-9H2,1H3. The molecule has 0 saturated carbocycles. The number of likely N-dealkylation sites (N-methyl/N-ethyl adjacent to an activating group) is 1. The van der Waals surface area contributed by atoms with E-state index in [2.05, 4.69) is 27.6 Å². The summed E-state index contributed by atoms with van der Waals surface area (Å²) in [4.78, 5) is 18.3. The highest BCUT2D eigenvalue weighted by Gasteiger charge is 2.15. The number of ether oxygens (including phenoxy) is 1. The SMILES string of the molecule is CN(Cc1ccsc1)C(=O)COc1c(I)cc(Cl)c2cccnc12. The Hall–Kier alpha value is -1.38. The number of rotatable bonds is 5. The molecule has 124 valence electrons. The Morgan fingerprint density at radius 3 is 3.04 bits per heavy atom. The summed E-state index contributed by atoms with van der Waals surface area (Å²) in [6.07, 6.45) is 1.69. The molecule has 4 nitrogen and oxygen atoms in total. The molecule has 0 aliphatic heterocycles. The predicted molar refractivity (Wildman–Crippen MR) is 106 cm³/mol. The van der Waals surface area contributed by atoms with Crippen LogP contribution in [0.1, 0.15) is 5.56 Å². The first-order valence-corrected chi connectivity index (χ1v) is 9.57. The van der Waals surface area contributed by atoms with Gasteiger partial charge >= 0.3 is 0 Å². The molecule has 0 unspecified atom stereocenters. The van der Waals surface area contributed by atoms with Crippen LogP contribution in [0.25, 0.3) is 10.9 Å². The van der Waals surface area contributed by atoms with Gasteiger partial charge in [0.15, 0.2) is 12.4 Å². The van der Waals surface area contributed by atoms with Crippen molar-refractivity contribution in [3.63, 3.8) is 0 Å². The number of hydrogen-bond acceptors (Lipinski definition) is 4. The minimum atomic E-state index is -0.0870. The first kappa shape index (κ1) is 17.4. The quantitative estimate of drug-likeness (QED) is 0.510. The lowest BCUT2D eigenvalue weighted by Gasteiger charge is -2.18. The Bertz CT molecular complexity index is 870. The van der Waals surface area contributed by atoms with E-state index in [0.717, 1.165) is 14.5 Å². The number of thiophene rings is 1. The van der Waals surface area contributed by atoms with Crippen molar-refractivity contribution in [2.75, 3.05) is 13.7 Å². The van der Waals surface area contributed by atoms with Gasteiger partial charge in [-0.2, -0.15) is 11.3 Å². The maximum atomic E-state index is 12.3. The Labute approximate surface area is 162 Å². The van der Waals surface area contributed by atoms with Crippen LogP contribution in [0.2, 0.25) is 5.02 Å². The normalized spacial score (nSPS) is 10.8. The average molecular weight is 473 g/mol. The van der Waals surface area contributed by atoms with Gasteiger partial charge in [-0.3, -0.25) is 9.78 Å². The fourth-order valence-electron chi connectivity index (χ4n) is 2.27. The van der Waals surface area contributed by atoms with Crippen molar-refractivity contribution in [3.05, 3.63) is 55.4 Å². The van der Waals surface area contributed by atoms with Crippen molar-refractivity contribution >= 4 is 62.3 Å². The van der Waals surface area contributed by atoms with Crippen LogP contribution in [0.4, 0.5) is 0 Å². The molecule has 1 amide bonds. The van der Waals surface area contributed by atoms with Crippen LogP contribution < -0.4 is 4.74 Å². The lowest BCUT2D eigenvalue weighted by molar-refractivity contribution is -0.132. The van der Waals surface area contributed by atoms with Gasteiger partial charge in [-0.05, 0) is 63.2 Å². The Morgan fingerprint density at radius 1 is 1.46 bits per heavy atom. The van der Waals surface area contributed by atoms with Gasteiger partial charge in [0.1, 0.15) is 5.52 Å². The maximum absolute atomic E-state index is 12.3. The lowest BCUT2D eigenvalue weighted by Crippen LogP contribution is -2.31. The van der Waals surface area contributed by atoms with Crippen molar-refractivity contribution in [3.8, 4) is 5.75 Å². The summed E-state index contributed by atoms with van der Waals surface area (Å²) in [6, 6.07) is 7.54. The zero-order valence-electron chi connectivity index (χ0n) is 12.8. The number of carbonyl (C=O) groups excluding carboxylic acids is 1. The number of aromatic nitrogens is 1. The van der Waals surface area contributed by atoms with E-state index in [1.165, 1.54) is 0 Å². The highest BCUT2D eigenvalue weighted by molar-refractivity contribution is 14.1. The number of halogens is 2. The summed E-state index contributed by atoms with van der Waals surface area (Å²) in [5.74, 6) is 0.504. The van der Waals surface area contributed by atoms with E-state index < -0.39 is 0 Å². The van der Waals surface area contributed by atoms with E-state index in [4.69, 9.17) is 16.3 Å². The third-order valence-corrected chi connectivity index (χ3v) is 5.36. The van der Waals surface area contributed by atoms with Gasteiger partial charge in [0.05, 0.1) is 8.59 Å². The molecule has 2 heterocycles. The van der Waals surface area contributed by atoms with Crippen molar-refractivity contribution in [1.29, 1.82) is 0 Å².